The molecule has 240 valence electrons. The van der Waals surface area contributed by atoms with Crippen LogP contribution in [0.25, 0.3) is 66.3 Å². The van der Waals surface area contributed by atoms with Gasteiger partial charge in [-0.05, 0) is 104 Å². The highest BCUT2D eigenvalue weighted by molar-refractivity contribution is 6.12. The Morgan fingerprint density at radius 2 is 1.26 bits per heavy atom. The lowest BCUT2D eigenvalue weighted by Gasteiger charge is -2.29. The maximum Gasteiger partial charge on any atom is 0.0541 e. The van der Waals surface area contributed by atoms with Gasteiger partial charge in [0, 0.05) is 28.3 Å². The maximum atomic E-state index is 2.51. The standard InChI is InChI=1S/C49H39N/c1-32-29-38(26-27-39(32)49-43-20-9-7-18-41(43)48(34-14-3-2-4-15-34)42-19-8-10-21-44(42)49)50-46-22-12-11-17-40(46)45-31-37(25-28-47(45)50)36-24-23-33-13-5-6-16-35(33)30-36/h2-5,7-14,17-32,34,39H,6,15-16H2,1H3. The number of allylic oxidation sites excluding steroid dienone is 9. The number of fused-ring (bicyclic) bond motifs is 6. The van der Waals surface area contributed by atoms with Crippen molar-refractivity contribution in [3.8, 4) is 11.1 Å². The van der Waals surface area contributed by atoms with E-state index in [0.717, 1.165) is 19.3 Å². The van der Waals surface area contributed by atoms with E-state index < -0.39 is 0 Å². The summed E-state index contributed by atoms with van der Waals surface area (Å²) in [6, 6.07) is 41.2. The number of hydrogen-bond donors (Lipinski definition) is 0. The minimum absolute atomic E-state index is 0.267. The first-order valence-corrected chi connectivity index (χ1v) is 18.2. The topological polar surface area (TPSA) is 4.93 Å². The molecule has 0 N–H and O–H groups in total. The van der Waals surface area contributed by atoms with Crippen LogP contribution < -0.4 is 0 Å². The summed E-state index contributed by atoms with van der Waals surface area (Å²) in [7, 11) is 0. The van der Waals surface area contributed by atoms with Crippen LogP contribution in [0.5, 0.6) is 0 Å². The van der Waals surface area contributed by atoms with Gasteiger partial charge >= 0.3 is 0 Å². The van der Waals surface area contributed by atoms with E-state index in [1.165, 1.54) is 82.4 Å². The van der Waals surface area contributed by atoms with Crippen molar-refractivity contribution in [1.29, 1.82) is 0 Å². The van der Waals surface area contributed by atoms with Gasteiger partial charge in [0.15, 0.2) is 0 Å². The summed E-state index contributed by atoms with van der Waals surface area (Å²) in [4.78, 5) is 0. The van der Waals surface area contributed by atoms with Gasteiger partial charge in [-0.3, -0.25) is 0 Å². The molecule has 0 aliphatic heterocycles. The molecular formula is C49H39N. The van der Waals surface area contributed by atoms with Crippen LogP contribution in [0.1, 0.15) is 53.9 Å². The number of nitrogens with zero attached hydrogens (tertiary/aromatic N) is 1. The van der Waals surface area contributed by atoms with E-state index in [-0.39, 0.29) is 5.92 Å². The molecule has 0 fully saturated rings. The molecule has 1 heterocycles. The number of benzene rings is 6. The molecule has 0 saturated carbocycles. The van der Waals surface area contributed by atoms with Crippen LogP contribution in [0.4, 0.5) is 0 Å². The van der Waals surface area contributed by atoms with E-state index >= 15 is 0 Å². The van der Waals surface area contributed by atoms with Gasteiger partial charge in [-0.25, -0.2) is 0 Å². The lowest BCUT2D eigenvalue weighted by molar-refractivity contribution is 0.642. The first-order valence-electron chi connectivity index (χ1n) is 18.2. The molecular weight excluding hydrogens is 603 g/mol. The molecule has 3 atom stereocenters. The predicted octanol–water partition coefficient (Wildman–Crippen LogP) is 13.2. The molecule has 50 heavy (non-hydrogen) atoms. The summed E-state index contributed by atoms with van der Waals surface area (Å²) < 4.78 is 2.48. The number of hydrogen-bond acceptors (Lipinski definition) is 0. The average Bonchev–Trinajstić information content (AvgIpc) is 3.51. The summed E-state index contributed by atoms with van der Waals surface area (Å²) in [5.41, 5.74) is 12.1. The van der Waals surface area contributed by atoms with Crippen LogP contribution in [0.3, 0.4) is 0 Å². The second-order valence-electron chi connectivity index (χ2n) is 14.3. The Balaban J connectivity index is 1.09. The van der Waals surface area contributed by atoms with E-state index in [1.807, 2.05) is 0 Å². The van der Waals surface area contributed by atoms with Gasteiger partial charge in [-0.15, -0.1) is 0 Å². The van der Waals surface area contributed by atoms with Crippen LogP contribution in [0.15, 0.2) is 158 Å². The van der Waals surface area contributed by atoms with Crippen LogP contribution in [0, 0.1) is 5.92 Å². The average molecular weight is 642 g/mol. The van der Waals surface area contributed by atoms with Gasteiger partial charge in [-0.1, -0.05) is 147 Å². The van der Waals surface area contributed by atoms with Crippen molar-refractivity contribution >= 4 is 55.1 Å². The SMILES string of the molecule is CC1C=C(n2c3ccccc3c3cc(-c4ccc5c(c4)CCC=C5)ccc32)C=CC1c1c2ccccc2c(C2C=CC=CC2)c2ccccc12. The van der Waals surface area contributed by atoms with Crippen molar-refractivity contribution in [2.45, 2.75) is 38.0 Å². The summed E-state index contributed by atoms with van der Waals surface area (Å²) in [5.74, 6) is 0.961. The Hall–Kier alpha value is -5.66. The zero-order valence-electron chi connectivity index (χ0n) is 28.4. The van der Waals surface area contributed by atoms with Gasteiger partial charge in [-0.2, -0.15) is 0 Å². The van der Waals surface area contributed by atoms with Crippen molar-refractivity contribution in [2.75, 3.05) is 0 Å². The molecule has 3 aliphatic carbocycles. The van der Waals surface area contributed by atoms with Crippen molar-refractivity contribution < 1.29 is 0 Å². The van der Waals surface area contributed by atoms with E-state index in [2.05, 4.69) is 175 Å². The van der Waals surface area contributed by atoms with Crippen LogP contribution in [-0.4, -0.2) is 4.57 Å². The molecule has 1 aromatic heterocycles. The van der Waals surface area contributed by atoms with E-state index in [9.17, 15) is 0 Å². The Labute approximate surface area is 293 Å². The summed E-state index contributed by atoms with van der Waals surface area (Å²) in [5, 5.41) is 8.13. The number of para-hydroxylation sites is 1. The summed E-state index contributed by atoms with van der Waals surface area (Å²) in [6.07, 6.45) is 24.3. The molecule has 10 rings (SSSR count). The highest BCUT2D eigenvalue weighted by Gasteiger charge is 2.27. The van der Waals surface area contributed by atoms with Crippen LogP contribution >= 0.6 is 0 Å². The second kappa shape index (κ2) is 11.7. The third kappa shape index (κ3) is 4.61. The lowest BCUT2D eigenvalue weighted by atomic mass is 9.76. The third-order valence-corrected chi connectivity index (χ3v) is 11.5. The van der Waals surface area contributed by atoms with Crippen molar-refractivity contribution in [2.24, 2.45) is 5.92 Å². The number of rotatable bonds is 4. The largest absolute Gasteiger partial charge is 0.310 e. The number of aryl methyl sites for hydroxylation is 1. The molecule has 3 unspecified atom stereocenters. The Morgan fingerprint density at radius 3 is 2.00 bits per heavy atom. The molecule has 0 bridgehead atoms. The summed E-state index contributed by atoms with van der Waals surface area (Å²) >= 11 is 0. The first kappa shape index (κ1) is 29.3. The predicted molar refractivity (Wildman–Crippen MR) is 215 cm³/mol. The minimum Gasteiger partial charge on any atom is -0.310 e. The molecule has 7 aromatic rings. The molecule has 0 saturated heterocycles. The Bertz CT molecular complexity index is 2600. The Kier molecular flexibility index (Phi) is 6.88. The smallest absolute Gasteiger partial charge is 0.0541 e. The van der Waals surface area contributed by atoms with E-state index in [0.29, 0.717) is 11.8 Å². The maximum absolute atomic E-state index is 2.51. The van der Waals surface area contributed by atoms with Crippen LogP contribution in [-0.2, 0) is 6.42 Å². The molecule has 1 heteroatoms. The fourth-order valence-electron chi connectivity index (χ4n) is 9.11. The molecule has 1 nitrogen and oxygen atoms in total. The van der Waals surface area contributed by atoms with Crippen LogP contribution in [0.2, 0.25) is 0 Å². The van der Waals surface area contributed by atoms with Gasteiger partial charge in [0.05, 0.1) is 11.0 Å². The lowest BCUT2D eigenvalue weighted by Crippen LogP contribution is -2.13. The fourth-order valence-corrected chi connectivity index (χ4v) is 9.11. The van der Waals surface area contributed by atoms with Crippen molar-refractivity contribution in [3.63, 3.8) is 0 Å². The highest BCUT2D eigenvalue weighted by Crippen LogP contribution is 2.46. The Morgan fingerprint density at radius 1 is 0.580 bits per heavy atom. The van der Waals surface area contributed by atoms with Crippen molar-refractivity contribution in [3.05, 3.63) is 180 Å². The normalized spacial score (nSPS) is 19.9. The van der Waals surface area contributed by atoms with Crippen molar-refractivity contribution in [1.82, 2.24) is 4.57 Å². The highest BCUT2D eigenvalue weighted by atomic mass is 15.0. The molecule has 6 aromatic carbocycles. The third-order valence-electron chi connectivity index (χ3n) is 11.5. The molecule has 3 aliphatic rings. The second-order valence-corrected chi connectivity index (χ2v) is 14.3. The van der Waals surface area contributed by atoms with Gasteiger partial charge < -0.3 is 4.57 Å². The number of aromatic nitrogens is 1. The molecule has 0 radical (unpaired) electrons. The van der Waals surface area contributed by atoms with Gasteiger partial charge in [0.2, 0.25) is 0 Å². The quantitative estimate of drug-likeness (QED) is 0.169. The molecule has 0 amide bonds. The van der Waals surface area contributed by atoms with E-state index in [4.69, 9.17) is 0 Å². The molecule has 0 spiro atoms. The minimum atomic E-state index is 0.267. The zero-order valence-corrected chi connectivity index (χ0v) is 28.4. The van der Waals surface area contributed by atoms with Gasteiger partial charge in [0.1, 0.15) is 0 Å². The monoisotopic (exact) mass is 641 g/mol. The van der Waals surface area contributed by atoms with E-state index in [1.54, 1.807) is 0 Å². The zero-order chi connectivity index (χ0) is 33.2. The van der Waals surface area contributed by atoms with Gasteiger partial charge in [0.25, 0.3) is 0 Å². The first-order chi connectivity index (χ1) is 24.7. The summed E-state index contributed by atoms with van der Waals surface area (Å²) in [6.45, 7) is 2.40. The fraction of sp³-hybridized carbons (Fsp3) is 0.143.